The zero-order chi connectivity index (χ0) is 19.5. The lowest BCUT2D eigenvalue weighted by molar-refractivity contribution is -0.170. The van der Waals surface area contributed by atoms with Crippen LogP contribution in [0.1, 0.15) is 27.0 Å². The number of hydrazone groups is 1. The van der Waals surface area contributed by atoms with E-state index in [0.717, 1.165) is 11.8 Å². The van der Waals surface area contributed by atoms with Gasteiger partial charge in [-0.25, -0.2) is 4.79 Å². The van der Waals surface area contributed by atoms with Gasteiger partial charge in [0, 0.05) is 0 Å². The minimum Gasteiger partial charge on any atom is -0.478 e. The standard InChI is InChI=1S/C18H15F3N2O3/c1-11-6-7-15(12(2)8-11)23(17(26)18(19,20)21)22-10-13-4-3-5-14(9-13)16(24)25/h3-10H,1-2H3,(H,24,25)/b22-10-. The second kappa shape index (κ2) is 7.38. The fraction of sp³-hybridized carbons (Fsp3) is 0.167. The first kappa shape index (κ1) is 19.2. The van der Waals surface area contributed by atoms with Crippen LogP contribution in [0, 0.1) is 13.8 Å². The smallest absolute Gasteiger partial charge is 0.473 e. The SMILES string of the molecule is Cc1ccc(N(/N=C\c2cccc(C(=O)O)c2)C(=O)C(F)(F)F)c(C)c1. The molecule has 2 aromatic rings. The summed E-state index contributed by atoms with van der Waals surface area (Å²) in [5.74, 6) is -3.33. The van der Waals surface area contributed by atoms with Crippen molar-refractivity contribution in [1.29, 1.82) is 0 Å². The zero-order valence-corrected chi connectivity index (χ0v) is 13.9. The first-order valence-electron chi connectivity index (χ1n) is 7.45. The van der Waals surface area contributed by atoms with Crippen LogP contribution in [0.5, 0.6) is 0 Å². The highest BCUT2D eigenvalue weighted by Gasteiger charge is 2.43. The highest BCUT2D eigenvalue weighted by atomic mass is 19.4. The van der Waals surface area contributed by atoms with Crippen molar-refractivity contribution in [3.63, 3.8) is 0 Å². The lowest BCUT2D eigenvalue weighted by Crippen LogP contribution is -2.38. The third-order valence-electron chi connectivity index (χ3n) is 3.47. The molecule has 1 N–H and O–H groups in total. The van der Waals surface area contributed by atoms with Gasteiger partial charge in [0.2, 0.25) is 0 Å². The molecule has 0 bridgehead atoms. The molecule has 0 aliphatic carbocycles. The van der Waals surface area contributed by atoms with E-state index in [1.807, 2.05) is 0 Å². The van der Waals surface area contributed by atoms with Crippen molar-refractivity contribution in [1.82, 2.24) is 0 Å². The summed E-state index contributed by atoms with van der Waals surface area (Å²) < 4.78 is 38.8. The van der Waals surface area contributed by atoms with Gasteiger partial charge < -0.3 is 5.11 Å². The van der Waals surface area contributed by atoms with Crippen LogP contribution in [0.4, 0.5) is 18.9 Å². The van der Waals surface area contributed by atoms with E-state index >= 15 is 0 Å². The second-order valence-electron chi connectivity index (χ2n) is 5.58. The molecule has 136 valence electrons. The van der Waals surface area contributed by atoms with E-state index in [-0.39, 0.29) is 21.8 Å². The summed E-state index contributed by atoms with van der Waals surface area (Å²) in [6, 6.07) is 10.0. The van der Waals surface area contributed by atoms with E-state index in [2.05, 4.69) is 5.10 Å². The maximum atomic E-state index is 12.9. The van der Waals surface area contributed by atoms with Gasteiger partial charge in [0.1, 0.15) is 0 Å². The monoisotopic (exact) mass is 364 g/mol. The van der Waals surface area contributed by atoms with Crippen molar-refractivity contribution in [3.8, 4) is 0 Å². The van der Waals surface area contributed by atoms with Gasteiger partial charge in [-0.15, -0.1) is 0 Å². The van der Waals surface area contributed by atoms with Gasteiger partial charge in [0.05, 0.1) is 17.5 Å². The van der Waals surface area contributed by atoms with Crippen LogP contribution in [0.25, 0.3) is 0 Å². The topological polar surface area (TPSA) is 70.0 Å². The Kier molecular flexibility index (Phi) is 5.44. The quantitative estimate of drug-likeness (QED) is 0.660. The molecule has 0 unspecified atom stereocenters. The number of rotatable bonds is 4. The number of carbonyl (C=O) groups is 2. The number of anilines is 1. The molecule has 0 fully saturated rings. The number of amides is 1. The molecule has 2 rings (SSSR count). The second-order valence-corrected chi connectivity index (χ2v) is 5.58. The Labute approximate surface area is 147 Å². The number of carbonyl (C=O) groups excluding carboxylic acids is 1. The molecule has 0 aromatic heterocycles. The van der Waals surface area contributed by atoms with Crippen LogP contribution < -0.4 is 5.01 Å². The summed E-state index contributed by atoms with van der Waals surface area (Å²) in [5.41, 5.74) is 1.45. The maximum Gasteiger partial charge on any atom is 0.473 e. The summed E-state index contributed by atoms with van der Waals surface area (Å²) in [7, 11) is 0. The Bertz CT molecular complexity index is 876. The molecule has 1 amide bonds. The Hall–Kier alpha value is -3.16. The normalized spacial score (nSPS) is 11.6. The minimum atomic E-state index is -5.11. The third kappa shape index (κ3) is 4.47. The van der Waals surface area contributed by atoms with Crippen molar-refractivity contribution >= 4 is 23.8 Å². The summed E-state index contributed by atoms with van der Waals surface area (Å²) in [5, 5.41) is 12.9. The number of halogens is 3. The molecule has 0 heterocycles. The van der Waals surface area contributed by atoms with Gasteiger partial charge in [0.15, 0.2) is 0 Å². The Morgan fingerprint density at radius 1 is 1.12 bits per heavy atom. The first-order chi connectivity index (χ1) is 12.1. The van der Waals surface area contributed by atoms with Crippen LogP contribution in [-0.4, -0.2) is 29.4 Å². The number of carboxylic acids is 1. The van der Waals surface area contributed by atoms with Crippen LogP contribution in [-0.2, 0) is 4.79 Å². The number of nitrogens with zero attached hydrogens (tertiary/aromatic N) is 2. The summed E-state index contributed by atoms with van der Waals surface area (Å²) in [6.45, 7) is 3.34. The molecule has 0 saturated carbocycles. The lowest BCUT2D eigenvalue weighted by Gasteiger charge is -2.20. The van der Waals surface area contributed by atoms with Crippen molar-refractivity contribution in [2.45, 2.75) is 20.0 Å². The van der Waals surface area contributed by atoms with Crippen molar-refractivity contribution in [2.24, 2.45) is 5.10 Å². The molecule has 0 atom stereocenters. The van der Waals surface area contributed by atoms with Crippen molar-refractivity contribution in [3.05, 3.63) is 64.7 Å². The number of aryl methyl sites for hydroxylation is 2. The fourth-order valence-corrected chi connectivity index (χ4v) is 2.26. The van der Waals surface area contributed by atoms with E-state index in [9.17, 15) is 22.8 Å². The summed E-state index contributed by atoms with van der Waals surface area (Å²) >= 11 is 0. The Morgan fingerprint density at radius 3 is 2.38 bits per heavy atom. The van der Waals surface area contributed by atoms with Gasteiger partial charge in [0.25, 0.3) is 0 Å². The third-order valence-corrected chi connectivity index (χ3v) is 3.47. The average Bonchev–Trinajstić information content (AvgIpc) is 2.55. The molecule has 8 heteroatoms. The number of hydrogen-bond donors (Lipinski definition) is 1. The molecule has 26 heavy (non-hydrogen) atoms. The van der Waals surface area contributed by atoms with Gasteiger partial charge in [-0.1, -0.05) is 29.8 Å². The van der Waals surface area contributed by atoms with E-state index in [1.165, 1.54) is 30.3 Å². The highest BCUT2D eigenvalue weighted by Crippen LogP contribution is 2.27. The van der Waals surface area contributed by atoms with Crippen LogP contribution >= 0.6 is 0 Å². The number of alkyl halides is 3. The molecular formula is C18H15F3N2O3. The van der Waals surface area contributed by atoms with Gasteiger partial charge in [-0.05, 0) is 43.2 Å². The number of benzene rings is 2. The molecule has 0 aliphatic heterocycles. The lowest BCUT2D eigenvalue weighted by atomic mass is 10.1. The van der Waals surface area contributed by atoms with Crippen LogP contribution in [0.2, 0.25) is 0 Å². The van der Waals surface area contributed by atoms with Crippen molar-refractivity contribution < 1.29 is 27.9 Å². The molecule has 0 saturated heterocycles. The molecule has 0 spiro atoms. The number of hydrogen-bond acceptors (Lipinski definition) is 3. The first-order valence-corrected chi connectivity index (χ1v) is 7.45. The van der Waals surface area contributed by atoms with Gasteiger partial charge in [-0.3, -0.25) is 4.79 Å². The number of aromatic carboxylic acids is 1. The van der Waals surface area contributed by atoms with Gasteiger partial charge >= 0.3 is 18.1 Å². The fourth-order valence-electron chi connectivity index (χ4n) is 2.26. The zero-order valence-electron chi connectivity index (χ0n) is 13.9. The number of carboxylic acid groups (broad SMARTS) is 1. The highest BCUT2D eigenvalue weighted by molar-refractivity contribution is 5.99. The molecular weight excluding hydrogens is 349 g/mol. The largest absolute Gasteiger partial charge is 0.478 e. The van der Waals surface area contributed by atoms with E-state index in [4.69, 9.17) is 5.11 Å². The summed E-state index contributed by atoms with van der Waals surface area (Å²) in [4.78, 5) is 22.8. The predicted octanol–water partition coefficient (Wildman–Crippen LogP) is 3.93. The van der Waals surface area contributed by atoms with Crippen LogP contribution in [0.3, 0.4) is 0 Å². The molecule has 0 radical (unpaired) electrons. The van der Waals surface area contributed by atoms with E-state index in [0.29, 0.717) is 5.56 Å². The molecule has 0 aliphatic rings. The van der Waals surface area contributed by atoms with E-state index < -0.39 is 18.1 Å². The van der Waals surface area contributed by atoms with Crippen LogP contribution in [0.15, 0.2) is 47.6 Å². The molecule has 2 aromatic carbocycles. The van der Waals surface area contributed by atoms with Crippen molar-refractivity contribution in [2.75, 3.05) is 5.01 Å². The Balaban J connectivity index is 2.46. The van der Waals surface area contributed by atoms with Gasteiger partial charge in [-0.2, -0.15) is 23.3 Å². The molecule has 5 nitrogen and oxygen atoms in total. The Morgan fingerprint density at radius 2 is 1.81 bits per heavy atom. The predicted molar refractivity (Wildman–Crippen MR) is 90.5 cm³/mol. The maximum absolute atomic E-state index is 12.9. The van der Waals surface area contributed by atoms with E-state index in [1.54, 1.807) is 26.0 Å². The summed E-state index contributed by atoms with van der Waals surface area (Å²) in [6.07, 6.45) is -4.10. The minimum absolute atomic E-state index is 0.0106. The average molecular weight is 364 g/mol.